The van der Waals surface area contributed by atoms with Gasteiger partial charge in [-0.1, -0.05) is 24.3 Å². The highest BCUT2D eigenvalue weighted by molar-refractivity contribution is 5.94. The first kappa shape index (κ1) is 13.6. The van der Waals surface area contributed by atoms with Crippen LogP contribution in [0.4, 0.5) is 0 Å². The summed E-state index contributed by atoms with van der Waals surface area (Å²) in [6.45, 7) is 1.79. The Bertz CT molecular complexity index is 734. The molecule has 0 radical (unpaired) electrons. The van der Waals surface area contributed by atoms with E-state index in [4.69, 9.17) is 0 Å². The predicted molar refractivity (Wildman–Crippen MR) is 81.4 cm³/mol. The van der Waals surface area contributed by atoms with Gasteiger partial charge < -0.3 is 10.3 Å². The highest BCUT2D eigenvalue weighted by Gasteiger charge is 2.22. The van der Waals surface area contributed by atoms with E-state index in [1.807, 2.05) is 12.1 Å². The molecule has 1 amide bonds. The molecule has 1 unspecified atom stereocenters. The van der Waals surface area contributed by atoms with Gasteiger partial charge in [0.15, 0.2) is 0 Å². The van der Waals surface area contributed by atoms with Crippen LogP contribution in [0.15, 0.2) is 41.2 Å². The number of hydrogen-bond donors (Lipinski definition) is 2. The van der Waals surface area contributed by atoms with Gasteiger partial charge in [0.25, 0.3) is 11.5 Å². The molecule has 0 fully saturated rings. The summed E-state index contributed by atoms with van der Waals surface area (Å²) in [5, 5.41) is 2.99. The maximum atomic E-state index is 12.3. The van der Waals surface area contributed by atoms with Gasteiger partial charge in [-0.3, -0.25) is 9.59 Å². The molecule has 1 aliphatic carbocycles. The van der Waals surface area contributed by atoms with Crippen molar-refractivity contribution in [1.29, 1.82) is 0 Å². The van der Waals surface area contributed by atoms with Gasteiger partial charge in [0.05, 0.1) is 6.04 Å². The van der Waals surface area contributed by atoms with E-state index in [1.165, 1.54) is 11.1 Å². The number of fused-ring (bicyclic) bond motifs is 1. The first-order valence-electron chi connectivity index (χ1n) is 7.24. The van der Waals surface area contributed by atoms with Crippen LogP contribution in [0.5, 0.6) is 0 Å². The average molecular weight is 282 g/mol. The number of aryl methyl sites for hydroxylation is 2. The molecule has 1 atom stereocenters. The number of aromatic amines is 1. The number of amides is 1. The number of benzene rings is 1. The summed E-state index contributed by atoms with van der Waals surface area (Å²) in [5.41, 5.74) is 3.03. The number of hydrogen-bond acceptors (Lipinski definition) is 2. The van der Waals surface area contributed by atoms with E-state index < -0.39 is 0 Å². The van der Waals surface area contributed by atoms with Crippen LogP contribution in [0.2, 0.25) is 0 Å². The van der Waals surface area contributed by atoms with Crippen LogP contribution >= 0.6 is 0 Å². The number of rotatable bonds is 2. The summed E-state index contributed by atoms with van der Waals surface area (Å²) < 4.78 is 0. The van der Waals surface area contributed by atoms with Crippen LogP contribution in [0.1, 0.15) is 46.1 Å². The zero-order valence-corrected chi connectivity index (χ0v) is 12.0. The molecular formula is C17H18N2O2. The Kier molecular flexibility index (Phi) is 3.60. The second-order valence-corrected chi connectivity index (χ2v) is 5.50. The molecule has 3 rings (SSSR count). The minimum absolute atomic E-state index is 0.0110. The number of H-pyrrole nitrogens is 1. The van der Waals surface area contributed by atoms with Crippen LogP contribution in [-0.2, 0) is 6.42 Å². The van der Waals surface area contributed by atoms with Gasteiger partial charge >= 0.3 is 0 Å². The number of aromatic nitrogens is 1. The smallest absolute Gasteiger partial charge is 0.260 e. The Hall–Kier alpha value is -2.36. The third kappa shape index (κ3) is 2.75. The number of carbonyl (C=O) groups is 1. The molecule has 2 N–H and O–H groups in total. The van der Waals surface area contributed by atoms with Gasteiger partial charge in [0.2, 0.25) is 0 Å². The average Bonchev–Trinajstić information content (AvgIpc) is 2.47. The van der Waals surface area contributed by atoms with Crippen LogP contribution in [0, 0.1) is 6.92 Å². The lowest BCUT2D eigenvalue weighted by Crippen LogP contribution is -2.34. The van der Waals surface area contributed by atoms with E-state index in [2.05, 4.69) is 22.4 Å². The second-order valence-electron chi connectivity index (χ2n) is 5.50. The molecule has 1 heterocycles. The van der Waals surface area contributed by atoms with E-state index in [-0.39, 0.29) is 23.1 Å². The first-order valence-corrected chi connectivity index (χ1v) is 7.24. The third-order valence-electron chi connectivity index (χ3n) is 3.97. The van der Waals surface area contributed by atoms with Gasteiger partial charge in [-0.2, -0.15) is 0 Å². The maximum absolute atomic E-state index is 12.3. The fourth-order valence-electron chi connectivity index (χ4n) is 2.89. The summed E-state index contributed by atoms with van der Waals surface area (Å²) in [6.07, 6.45) is 3.01. The summed E-state index contributed by atoms with van der Waals surface area (Å²) in [7, 11) is 0. The van der Waals surface area contributed by atoms with E-state index in [0.717, 1.165) is 25.0 Å². The fourth-order valence-corrected chi connectivity index (χ4v) is 2.89. The highest BCUT2D eigenvalue weighted by Crippen LogP contribution is 2.29. The molecule has 108 valence electrons. The third-order valence-corrected chi connectivity index (χ3v) is 3.97. The molecule has 1 aromatic heterocycles. The SMILES string of the molecule is Cc1ccc(C(=O)NC2CCCc3ccccc32)c(=O)[nH]1. The molecule has 0 aliphatic heterocycles. The monoisotopic (exact) mass is 282 g/mol. The van der Waals surface area contributed by atoms with Crippen molar-refractivity contribution in [3.8, 4) is 0 Å². The molecule has 1 aromatic carbocycles. The maximum Gasteiger partial charge on any atom is 0.260 e. The van der Waals surface area contributed by atoms with Crippen molar-refractivity contribution < 1.29 is 4.79 Å². The van der Waals surface area contributed by atoms with Gasteiger partial charge in [-0.15, -0.1) is 0 Å². The molecule has 0 saturated heterocycles. The van der Waals surface area contributed by atoms with E-state index in [9.17, 15) is 9.59 Å². The fraction of sp³-hybridized carbons (Fsp3) is 0.294. The normalized spacial score (nSPS) is 17.1. The number of carbonyl (C=O) groups excluding carboxylic acids is 1. The zero-order valence-electron chi connectivity index (χ0n) is 12.0. The summed E-state index contributed by atoms with van der Waals surface area (Å²) >= 11 is 0. The largest absolute Gasteiger partial charge is 0.345 e. The predicted octanol–water partition coefficient (Wildman–Crippen LogP) is 2.49. The Balaban J connectivity index is 1.84. The minimum Gasteiger partial charge on any atom is -0.345 e. The van der Waals surface area contributed by atoms with E-state index >= 15 is 0 Å². The first-order chi connectivity index (χ1) is 10.1. The quantitative estimate of drug-likeness (QED) is 0.889. The summed E-state index contributed by atoms with van der Waals surface area (Å²) in [4.78, 5) is 26.8. The van der Waals surface area contributed by atoms with Crippen molar-refractivity contribution in [3.05, 3.63) is 69.1 Å². The molecule has 2 aromatic rings. The number of nitrogens with one attached hydrogen (secondary N) is 2. The van der Waals surface area contributed by atoms with E-state index in [1.54, 1.807) is 19.1 Å². The van der Waals surface area contributed by atoms with Gasteiger partial charge in [-0.25, -0.2) is 0 Å². The van der Waals surface area contributed by atoms with Crippen molar-refractivity contribution in [2.75, 3.05) is 0 Å². The van der Waals surface area contributed by atoms with Crippen molar-refractivity contribution in [3.63, 3.8) is 0 Å². The molecule has 4 heteroatoms. The number of pyridine rings is 1. The van der Waals surface area contributed by atoms with Crippen LogP contribution < -0.4 is 10.9 Å². The molecule has 21 heavy (non-hydrogen) atoms. The lowest BCUT2D eigenvalue weighted by atomic mass is 9.87. The summed E-state index contributed by atoms with van der Waals surface area (Å²) in [5.74, 6) is -0.307. The van der Waals surface area contributed by atoms with Gasteiger partial charge in [-0.05, 0) is 49.4 Å². The Morgan fingerprint density at radius 3 is 2.86 bits per heavy atom. The lowest BCUT2D eigenvalue weighted by molar-refractivity contribution is 0.0931. The van der Waals surface area contributed by atoms with Crippen LogP contribution in [0.25, 0.3) is 0 Å². The van der Waals surface area contributed by atoms with Crippen molar-refractivity contribution in [2.45, 2.75) is 32.2 Å². The molecule has 0 spiro atoms. The van der Waals surface area contributed by atoms with E-state index in [0.29, 0.717) is 0 Å². The van der Waals surface area contributed by atoms with Crippen molar-refractivity contribution in [2.24, 2.45) is 0 Å². The minimum atomic E-state index is -0.336. The standard InChI is InChI=1S/C17H18N2O2/c1-11-9-10-14(16(20)18-11)17(21)19-15-8-4-6-12-5-2-3-7-13(12)15/h2-3,5,7,9-10,15H,4,6,8H2,1H3,(H,18,20)(H,19,21). The molecule has 1 aliphatic rings. The van der Waals surface area contributed by atoms with Gasteiger partial charge in [0, 0.05) is 5.69 Å². The molecule has 4 nitrogen and oxygen atoms in total. The van der Waals surface area contributed by atoms with Crippen molar-refractivity contribution in [1.82, 2.24) is 10.3 Å². The molecule has 0 bridgehead atoms. The second kappa shape index (κ2) is 5.56. The Morgan fingerprint density at radius 1 is 1.24 bits per heavy atom. The summed E-state index contributed by atoms with van der Waals surface area (Å²) in [6, 6.07) is 11.5. The molecular weight excluding hydrogens is 264 g/mol. The van der Waals surface area contributed by atoms with Crippen molar-refractivity contribution >= 4 is 5.91 Å². The van der Waals surface area contributed by atoms with Crippen LogP contribution in [0.3, 0.4) is 0 Å². The highest BCUT2D eigenvalue weighted by atomic mass is 16.2. The Morgan fingerprint density at radius 2 is 2.05 bits per heavy atom. The van der Waals surface area contributed by atoms with Gasteiger partial charge in [0.1, 0.15) is 5.56 Å². The zero-order chi connectivity index (χ0) is 14.8. The molecule has 0 saturated carbocycles. The topological polar surface area (TPSA) is 62.0 Å². The van der Waals surface area contributed by atoms with Crippen LogP contribution in [-0.4, -0.2) is 10.9 Å². The Labute approximate surface area is 123 Å². The lowest BCUT2D eigenvalue weighted by Gasteiger charge is -2.26.